The predicted molar refractivity (Wildman–Crippen MR) is 66.4 cm³/mol. The van der Waals surface area contributed by atoms with Gasteiger partial charge >= 0.3 is 0 Å². The van der Waals surface area contributed by atoms with Crippen molar-refractivity contribution in [2.45, 2.75) is 24.8 Å². The molecule has 0 spiro atoms. The first kappa shape index (κ1) is 10.3. The quantitative estimate of drug-likeness (QED) is 0.853. The molecular formula is C12H13BrN2O. The Balaban J connectivity index is 1.96. The normalized spacial score (nSPS) is 20.8. The van der Waals surface area contributed by atoms with Gasteiger partial charge in [0.2, 0.25) is 5.91 Å². The summed E-state index contributed by atoms with van der Waals surface area (Å²) in [6.45, 7) is 0.767. The fourth-order valence-electron chi connectivity index (χ4n) is 2.18. The first-order valence-corrected chi connectivity index (χ1v) is 6.29. The number of amides is 1. The lowest BCUT2D eigenvalue weighted by atomic mass is 10.2. The Hall–Kier alpha value is -0.870. The summed E-state index contributed by atoms with van der Waals surface area (Å²) in [5.74, 6) is 0.0874. The lowest BCUT2D eigenvalue weighted by molar-refractivity contribution is -0.120. The number of nitrogens with two attached hydrogens (primary N) is 1. The van der Waals surface area contributed by atoms with E-state index in [-0.39, 0.29) is 5.91 Å². The summed E-state index contributed by atoms with van der Waals surface area (Å²) in [5, 5.41) is 0. The van der Waals surface area contributed by atoms with Crippen LogP contribution in [-0.2, 0) is 11.2 Å². The van der Waals surface area contributed by atoms with Crippen LogP contribution >= 0.6 is 15.9 Å². The highest BCUT2D eigenvalue weighted by atomic mass is 79.9. The highest BCUT2D eigenvalue weighted by Gasteiger charge is 2.49. The van der Waals surface area contributed by atoms with Crippen molar-refractivity contribution in [2.75, 3.05) is 11.4 Å². The van der Waals surface area contributed by atoms with Gasteiger partial charge in [-0.25, -0.2) is 0 Å². The third kappa shape index (κ3) is 1.48. The zero-order valence-electron chi connectivity index (χ0n) is 8.87. The summed E-state index contributed by atoms with van der Waals surface area (Å²) in [7, 11) is 0. The Bertz CT molecular complexity index is 468. The van der Waals surface area contributed by atoms with E-state index in [0.29, 0.717) is 0 Å². The van der Waals surface area contributed by atoms with Gasteiger partial charge in [0.1, 0.15) is 0 Å². The standard InChI is InChI=1S/C12H13BrN2O/c13-9-2-1-8-3-6-15(10(8)7-9)11(16)12(14)4-5-12/h1-2,7H,3-6,14H2. The summed E-state index contributed by atoms with van der Waals surface area (Å²) < 4.78 is 1.01. The molecule has 0 saturated heterocycles. The van der Waals surface area contributed by atoms with E-state index < -0.39 is 5.54 Å². The molecule has 0 aromatic heterocycles. The molecule has 0 unspecified atom stereocenters. The van der Waals surface area contributed by atoms with E-state index in [4.69, 9.17) is 5.73 Å². The zero-order chi connectivity index (χ0) is 11.3. The van der Waals surface area contributed by atoms with Crippen molar-refractivity contribution in [3.63, 3.8) is 0 Å². The molecule has 1 aliphatic carbocycles. The van der Waals surface area contributed by atoms with Crippen molar-refractivity contribution >= 4 is 27.5 Å². The van der Waals surface area contributed by atoms with Crippen LogP contribution < -0.4 is 10.6 Å². The van der Waals surface area contributed by atoms with Gasteiger partial charge in [-0.1, -0.05) is 22.0 Å². The summed E-state index contributed by atoms with van der Waals surface area (Å²) in [6.07, 6.45) is 2.59. The van der Waals surface area contributed by atoms with Gasteiger partial charge in [0, 0.05) is 16.7 Å². The fourth-order valence-corrected chi connectivity index (χ4v) is 2.53. The average molecular weight is 281 g/mol. The summed E-state index contributed by atoms with van der Waals surface area (Å²) >= 11 is 3.44. The second kappa shape index (κ2) is 3.31. The summed E-state index contributed by atoms with van der Waals surface area (Å²) in [5.41, 5.74) is 7.66. The molecule has 1 saturated carbocycles. The minimum absolute atomic E-state index is 0.0874. The van der Waals surface area contributed by atoms with Gasteiger partial charge in [-0.3, -0.25) is 4.79 Å². The van der Waals surface area contributed by atoms with Crippen LogP contribution in [-0.4, -0.2) is 18.0 Å². The van der Waals surface area contributed by atoms with Crippen LogP contribution in [0.3, 0.4) is 0 Å². The molecule has 1 aromatic rings. The van der Waals surface area contributed by atoms with Crippen LogP contribution in [0.25, 0.3) is 0 Å². The molecule has 16 heavy (non-hydrogen) atoms. The SMILES string of the molecule is NC1(C(=O)N2CCc3ccc(Br)cc32)CC1. The molecule has 1 aliphatic heterocycles. The fraction of sp³-hybridized carbons (Fsp3) is 0.417. The van der Waals surface area contributed by atoms with Gasteiger partial charge in [0.25, 0.3) is 0 Å². The molecular weight excluding hydrogens is 268 g/mol. The lowest BCUT2D eigenvalue weighted by Gasteiger charge is -2.21. The van der Waals surface area contributed by atoms with Crippen LogP contribution in [0, 0.1) is 0 Å². The smallest absolute Gasteiger partial charge is 0.247 e. The van der Waals surface area contributed by atoms with Crippen molar-refractivity contribution in [2.24, 2.45) is 5.73 Å². The monoisotopic (exact) mass is 280 g/mol. The van der Waals surface area contributed by atoms with Crippen molar-refractivity contribution in [1.29, 1.82) is 0 Å². The van der Waals surface area contributed by atoms with Crippen molar-refractivity contribution in [1.82, 2.24) is 0 Å². The zero-order valence-corrected chi connectivity index (χ0v) is 10.5. The maximum absolute atomic E-state index is 12.2. The first-order chi connectivity index (χ1) is 7.60. The molecule has 4 heteroatoms. The molecule has 2 N–H and O–H groups in total. The van der Waals surface area contributed by atoms with Crippen LogP contribution in [0.5, 0.6) is 0 Å². The van der Waals surface area contributed by atoms with Crippen LogP contribution in [0.4, 0.5) is 5.69 Å². The molecule has 3 rings (SSSR count). The van der Waals surface area contributed by atoms with E-state index in [1.54, 1.807) is 0 Å². The lowest BCUT2D eigenvalue weighted by Crippen LogP contribution is -2.45. The number of carbonyl (C=O) groups excluding carboxylic acids is 1. The second-order valence-corrected chi connectivity index (χ2v) is 5.55. The maximum atomic E-state index is 12.2. The molecule has 0 bridgehead atoms. The Kier molecular flexibility index (Phi) is 2.13. The number of fused-ring (bicyclic) bond motifs is 1. The van der Waals surface area contributed by atoms with Gasteiger partial charge in [0.05, 0.1) is 5.54 Å². The number of anilines is 1. The Labute approximate surface area is 103 Å². The number of nitrogens with zero attached hydrogens (tertiary/aromatic N) is 1. The second-order valence-electron chi connectivity index (χ2n) is 4.64. The summed E-state index contributed by atoms with van der Waals surface area (Å²) in [6, 6.07) is 6.09. The molecule has 0 atom stereocenters. The molecule has 1 amide bonds. The number of benzene rings is 1. The third-order valence-electron chi connectivity index (χ3n) is 3.40. The predicted octanol–water partition coefficient (Wildman–Crippen LogP) is 1.83. The first-order valence-electron chi connectivity index (χ1n) is 5.49. The minimum Gasteiger partial charge on any atom is -0.317 e. The Morgan fingerprint density at radius 1 is 1.44 bits per heavy atom. The van der Waals surface area contributed by atoms with Crippen molar-refractivity contribution in [3.05, 3.63) is 28.2 Å². The van der Waals surface area contributed by atoms with E-state index in [0.717, 1.165) is 36.0 Å². The van der Waals surface area contributed by atoms with E-state index in [1.165, 1.54) is 5.56 Å². The van der Waals surface area contributed by atoms with Crippen LogP contribution in [0.15, 0.2) is 22.7 Å². The number of hydrogen-bond donors (Lipinski definition) is 1. The molecule has 1 heterocycles. The Morgan fingerprint density at radius 2 is 2.19 bits per heavy atom. The highest BCUT2D eigenvalue weighted by molar-refractivity contribution is 9.10. The number of hydrogen-bond acceptors (Lipinski definition) is 2. The number of halogens is 1. The van der Waals surface area contributed by atoms with E-state index in [2.05, 4.69) is 22.0 Å². The van der Waals surface area contributed by atoms with Gasteiger partial charge in [-0.2, -0.15) is 0 Å². The van der Waals surface area contributed by atoms with Crippen molar-refractivity contribution < 1.29 is 4.79 Å². The maximum Gasteiger partial charge on any atom is 0.247 e. The largest absolute Gasteiger partial charge is 0.317 e. The van der Waals surface area contributed by atoms with Crippen LogP contribution in [0.2, 0.25) is 0 Å². The minimum atomic E-state index is -0.566. The molecule has 84 valence electrons. The number of carbonyl (C=O) groups is 1. The van der Waals surface area contributed by atoms with Crippen molar-refractivity contribution in [3.8, 4) is 0 Å². The highest BCUT2D eigenvalue weighted by Crippen LogP contribution is 2.39. The molecule has 0 radical (unpaired) electrons. The molecule has 3 nitrogen and oxygen atoms in total. The van der Waals surface area contributed by atoms with Gasteiger partial charge in [-0.15, -0.1) is 0 Å². The molecule has 2 aliphatic rings. The van der Waals surface area contributed by atoms with Gasteiger partial charge in [-0.05, 0) is 37.0 Å². The topological polar surface area (TPSA) is 46.3 Å². The third-order valence-corrected chi connectivity index (χ3v) is 3.90. The molecule has 1 aromatic carbocycles. The van der Waals surface area contributed by atoms with E-state index >= 15 is 0 Å². The average Bonchev–Trinajstić information content (AvgIpc) is 2.89. The van der Waals surface area contributed by atoms with E-state index in [1.807, 2.05) is 17.0 Å². The summed E-state index contributed by atoms with van der Waals surface area (Å²) in [4.78, 5) is 14.0. The Morgan fingerprint density at radius 3 is 2.88 bits per heavy atom. The van der Waals surface area contributed by atoms with Gasteiger partial charge < -0.3 is 10.6 Å². The molecule has 1 fully saturated rings. The van der Waals surface area contributed by atoms with Crippen LogP contribution in [0.1, 0.15) is 18.4 Å². The van der Waals surface area contributed by atoms with Gasteiger partial charge in [0.15, 0.2) is 0 Å². The number of rotatable bonds is 1. The van der Waals surface area contributed by atoms with E-state index in [9.17, 15) is 4.79 Å².